The maximum absolute atomic E-state index is 12.4. The third kappa shape index (κ3) is 5.47. The normalized spacial score (nSPS) is 14.8. The van der Waals surface area contributed by atoms with Gasteiger partial charge >= 0.3 is 0 Å². The van der Waals surface area contributed by atoms with Crippen molar-refractivity contribution in [3.63, 3.8) is 0 Å². The summed E-state index contributed by atoms with van der Waals surface area (Å²) >= 11 is 11.9. The first-order chi connectivity index (χ1) is 13.0. The van der Waals surface area contributed by atoms with E-state index in [-0.39, 0.29) is 17.9 Å². The maximum atomic E-state index is 12.4. The molecule has 1 fully saturated rings. The standard InChI is InChI=1S/C21H22Cl2N2O2/c22-18-8-7-16(14-19(18)23)21(27)24-17-10-12-25(13-11-17)20(26)9-6-15-4-2-1-3-5-15/h1-5,7-8,14,17H,6,9-13H2,(H,24,27). The van der Waals surface area contributed by atoms with Gasteiger partial charge in [0.1, 0.15) is 0 Å². The van der Waals surface area contributed by atoms with Gasteiger partial charge in [-0.15, -0.1) is 0 Å². The van der Waals surface area contributed by atoms with Crippen molar-refractivity contribution >= 4 is 35.0 Å². The van der Waals surface area contributed by atoms with Crippen molar-refractivity contribution in [2.45, 2.75) is 31.7 Å². The second-order valence-electron chi connectivity index (χ2n) is 6.74. The molecule has 6 heteroatoms. The van der Waals surface area contributed by atoms with Gasteiger partial charge in [0.15, 0.2) is 0 Å². The molecule has 142 valence electrons. The second kappa shape index (κ2) is 9.25. The number of halogens is 2. The van der Waals surface area contributed by atoms with Crippen molar-refractivity contribution in [2.75, 3.05) is 13.1 Å². The van der Waals surface area contributed by atoms with Gasteiger partial charge in [0.2, 0.25) is 5.91 Å². The van der Waals surface area contributed by atoms with Gasteiger partial charge in [-0.25, -0.2) is 0 Å². The first-order valence-electron chi connectivity index (χ1n) is 9.10. The number of nitrogens with zero attached hydrogens (tertiary/aromatic N) is 1. The summed E-state index contributed by atoms with van der Waals surface area (Å²) in [6.45, 7) is 1.33. The summed E-state index contributed by atoms with van der Waals surface area (Å²) < 4.78 is 0. The molecule has 0 aromatic heterocycles. The minimum absolute atomic E-state index is 0.0603. The van der Waals surface area contributed by atoms with Crippen LogP contribution in [0.25, 0.3) is 0 Å². The predicted octanol–water partition coefficient (Wildman–Crippen LogP) is 4.35. The maximum Gasteiger partial charge on any atom is 0.251 e. The molecule has 1 heterocycles. The zero-order valence-electron chi connectivity index (χ0n) is 15.0. The van der Waals surface area contributed by atoms with Crippen molar-refractivity contribution in [1.29, 1.82) is 0 Å². The molecule has 27 heavy (non-hydrogen) atoms. The molecule has 0 bridgehead atoms. The lowest BCUT2D eigenvalue weighted by atomic mass is 10.0. The summed E-state index contributed by atoms with van der Waals surface area (Å²) in [4.78, 5) is 26.7. The zero-order chi connectivity index (χ0) is 19.2. The van der Waals surface area contributed by atoms with Crippen LogP contribution in [-0.2, 0) is 11.2 Å². The van der Waals surface area contributed by atoms with E-state index in [1.807, 2.05) is 35.2 Å². The fourth-order valence-corrected chi connectivity index (χ4v) is 3.53. The molecule has 0 radical (unpaired) electrons. The average Bonchev–Trinajstić information content (AvgIpc) is 2.69. The molecule has 0 unspecified atom stereocenters. The molecule has 3 rings (SSSR count). The number of amides is 2. The van der Waals surface area contributed by atoms with Crippen LogP contribution < -0.4 is 5.32 Å². The molecule has 0 atom stereocenters. The minimum atomic E-state index is -0.164. The highest BCUT2D eigenvalue weighted by Crippen LogP contribution is 2.23. The van der Waals surface area contributed by atoms with Gasteiger partial charge in [-0.1, -0.05) is 53.5 Å². The van der Waals surface area contributed by atoms with Crippen LogP contribution in [0.2, 0.25) is 10.0 Å². The lowest BCUT2D eigenvalue weighted by Crippen LogP contribution is -2.46. The number of rotatable bonds is 5. The van der Waals surface area contributed by atoms with Gasteiger partial charge in [0.05, 0.1) is 10.0 Å². The quantitative estimate of drug-likeness (QED) is 0.804. The van der Waals surface area contributed by atoms with E-state index in [4.69, 9.17) is 23.2 Å². The van der Waals surface area contributed by atoms with E-state index in [0.717, 1.165) is 19.3 Å². The van der Waals surface area contributed by atoms with Crippen LogP contribution >= 0.6 is 23.2 Å². The Morgan fingerprint density at radius 1 is 1.00 bits per heavy atom. The van der Waals surface area contributed by atoms with E-state index >= 15 is 0 Å². The highest BCUT2D eigenvalue weighted by atomic mass is 35.5. The van der Waals surface area contributed by atoms with E-state index < -0.39 is 0 Å². The van der Waals surface area contributed by atoms with Gasteiger partial charge in [0, 0.05) is 31.1 Å². The Hall–Kier alpha value is -2.04. The van der Waals surface area contributed by atoms with Crippen LogP contribution in [0.15, 0.2) is 48.5 Å². The molecule has 1 aliphatic rings. The summed E-state index contributed by atoms with van der Waals surface area (Å²) in [6.07, 6.45) is 2.78. The van der Waals surface area contributed by atoms with E-state index in [0.29, 0.717) is 35.1 Å². The molecule has 0 saturated carbocycles. The number of aryl methyl sites for hydroxylation is 1. The Bertz CT molecular complexity index is 803. The van der Waals surface area contributed by atoms with Crippen molar-refractivity contribution in [2.24, 2.45) is 0 Å². The van der Waals surface area contributed by atoms with E-state index in [2.05, 4.69) is 5.32 Å². The molecule has 2 amide bonds. The summed E-state index contributed by atoms with van der Waals surface area (Å²) in [5.74, 6) is 0.00975. The molecule has 1 aliphatic heterocycles. The van der Waals surface area contributed by atoms with Crippen molar-refractivity contribution in [1.82, 2.24) is 10.2 Å². The van der Waals surface area contributed by atoms with Gasteiger partial charge < -0.3 is 10.2 Å². The fourth-order valence-electron chi connectivity index (χ4n) is 3.23. The van der Waals surface area contributed by atoms with Crippen molar-refractivity contribution in [3.05, 3.63) is 69.7 Å². The topological polar surface area (TPSA) is 49.4 Å². The predicted molar refractivity (Wildman–Crippen MR) is 108 cm³/mol. The zero-order valence-corrected chi connectivity index (χ0v) is 16.5. The smallest absolute Gasteiger partial charge is 0.251 e. The average molecular weight is 405 g/mol. The summed E-state index contributed by atoms with van der Waals surface area (Å²) in [7, 11) is 0. The lowest BCUT2D eigenvalue weighted by Gasteiger charge is -2.32. The van der Waals surface area contributed by atoms with Crippen LogP contribution in [0.1, 0.15) is 35.2 Å². The van der Waals surface area contributed by atoms with Crippen LogP contribution in [0.4, 0.5) is 0 Å². The molecule has 2 aromatic rings. The van der Waals surface area contributed by atoms with Crippen LogP contribution in [0.3, 0.4) is 0 Å². The summed E-state index contributed by atoms with van der Waals surface area (Å²) in [5, 5.41) is 3.81. The summed E-state index contributed by atoms with van der Waals surface area (Å²) in [5.41, 5.74) is 1.67. The van der Waals surface area contributed by atoms with E-state index in [9.17, 15) is 9.59 Å². The van der Waals surface area contributed by atoms with Crippen molar-refractivity contribution in [3.8, 4) is 0 Å². The molecule has 2 aromatic carbocycles. The molecule has 1 saturated heterocycles. The second-order valence-corrected chi connectivity index (χ2v) is 7.56. The molecular formula is C21H22Cl2N2O2. The number of hydrogen-bond donors (Lipinski definition) is 1. The number of carbonyl (C=O) groups excluding carboxylic acids is 2. The Kier molecular flexibility index (Phi) is 6.75. The fraction of sp³-hybridized carbons (Fsp3) is 0.333. The van der Waals surface area contributed by atoms with Gasteiger partial charge in [-0.3, -0.25) is 9.59 Å². The van der Waals surface area contributed by atoms with Crippen LogP contribution in [-0.4, -0.2) is 35.8 Å². The Morgan fingerprint density at radius 3 is 2.37 bits per heavy atom. The number of likely N-dealkylation sites (tertiary alicyclic amines) is 1. The molecule has 1 N–H and O–H groups in total. The monoisotopic (exact) mass is 404 g/mol. The lowest BCUT2D eigenvalue weighted by molar-refractivity contribution is -0.132. The van der Waals surface area contributed by atoms with E-state index in [1.165, 1.54) is 5.56 Å². The molecule has 0 spiro atoms. The first-order valence-corrected chi connectivity index (χ1v) is 9.86. The molecule has 0 aliphatic carbocycles. The SMILES string of the molecule is O=C(NC1CCN(C(=O)CCc2ccccc2)CC1)c1ccc(Cl)c(Cl)c1. The summed E-state index contributed by atoms with van der Waals surface area (Å²) in [6, 6.07) is 14.9. The number of hydrogen-bond acceptors (Lipinski definition) is 2. The largest absolute Gasteiger partial charge is 0.349 e. The van der Waals surface area contributed by atoms with E-state index in [1.54, 1.807) is 18.2 Å². The number of nitrogens with one attached hydrogen (secondary N) is 1. The number of carbonyl (C=O) groups is 2. The highest BCUT2D eigenvalue weighted by Gasteiger charge is 2.24. The Balaban J connectivity index is 1.44. The Labute approximate surface area is 169 Å². The van der Waals surface area contributed by atoms with Crippen molar-refractivity contribution < 1.29 is 9.59 Å². The first kappa shape index (κ1) is 19.7. The van der Waals surface area contributed by atoms with Crippen LogP contribution in [0, 0.1) is 0 Å². The highest BCUT2D eigenvalue weighted by molar-refractivity contribution is 6.42. The third-order valence-electron chi connectivity index (χ3n) is 4.84. The van der Waals surface area contributed by atoms with Crippen LogP contribution in [0.5, 0.6) is 0 Å². The van der Waals surface area contributed by atoms with Gasteiger partial charge in [-0.2, -0.15) is 0 Å². The number of piperidine rings is 1. The van der Waals surface area contributed by atoms with Gasteiger partial charge in [-0.05, 0) is 43.0 Å². The number of benzene rings is 2. The molecule has 4 nitrogen and oxygen atoms in total. The Morgan fingerprint density at radius 2 is 1.70 bits per heavy atom. The molecular weight excluding hydrogens is 383 g/mol. The van der Waals surface area contributed by atoms with Gasteiger partial charge in [0.25, 0.3) is 5.91 Å². The minimum Gasteiger partial charge on any atom is -0.349 e. The third-order valence-corrected chi connectivity index (χ3v) is 5.57.